The van der Waals surface area contributed by atoms with Gasteiger partial charge < -0.3 is 20.0 Å². The van der Waals surface area contributed by atoms with Crippen molar-refractivity contribution < 1.29 is 8.81 Å². The molecule has 3 N–H and O–H groups in total. The Balaban J connectivity index is 0.00000240. The van der Waals surface area contributed by atoms with E-state index >= 15 is 0 Å². The molecule has 0 spiro atoms. The Hall–Kier alpha value is -2.40. The molecular formula is C20H21FIN5OS. The summed E-state index contributed by atoms with van der Waals surface area (Å²) >= 11 is 1.59. The summed E-state index contributed by atoms with van der Waals surface area (Å²) in [6, 6.07) is 8.75. The maximum Gasteiger partial charge on any atom is 0.236 e. The van der Waals surface area contributed by atoms with Crippen molar-refractivity contribution in [1.82, 2.24) is 20.6 Å². The van der Waals surface area contributed by atoms with Gasteiger partial charge in [-0.15, -0.1) is 35.3 Å². The molecule has 4 rings (SSSR count). The van der Waals surface area contributed by atoms with Crippen molar-refractivity contribution in [3.8, 4) is 10.8 Å². The van der Waals surface area contributed by atoms with E-state index in [4.69, 9.17) is 4.42 Å². The minimum atomic E-state index is -0.237. The molecule has 1 aromatic carbocycles. The summed E-state index contributed by atoms with van der Waals surface area (Å²) in [5.74, 6) is 1.08. The van der Waals surface area contributed by atoms with Gasteiger partial charge >= 0.3 is 0 Å². The first-order valence-electron chi connectivity index (χ1n) is 8.91. The highest BCUT2D eigenvalue weighted by molar-refractivity contribution is 14.0. The van der Waals surface area contributed by atoms with E-state index in [0.717, 1.165) is 33.5 Å². The Morgan fingerprint density at radius 1 is 1.31 bits per heavy atom. The lowest BCUT2D eigenvalue weighted by Crippen LogP contribution is -2.37. The summed E-state index contributed by atoms with van der Waals surface area (Å²) < 4.78 is 18.8. The molecule has 6 nitrogen and oxygen atoms in total. The van der Waals surface area contributed by atoms with Gasteiger partial charge in [0.1, 0.15) is 12.1 Å². The van der Waals surface area contributed by atoms with Crippen LogP contribution in [0, 0.1) is 5.82 Å². The normalized spacial score (nSPS) is 11.4. The molecule has 0 unspecified atom stereocenters. The monoisotopic (exact) mass is 525 g/mol. The third-order valence-corrected chi connectivity index (χ3v) is 5.22. The number of aliphatic imine (C=N–C) groups is 1. The summed E-state index contributed by atoms with van der Waals surface area (Å²) in [6.07, 6.45) is 4.36. The Bertz CT molecular complexity index is 1090. The topological polar surface area (TPSA) is 78.2 Å². The Morgan fingerprint density at radius 2 is 2.21 bits per heavy atom. The van der Waals surface area contributed by atoms with Crippen LogP contribution in [0.15, 0.2) is 57.6 Å². The summed E-state index contributed by atoms with van der Waals surface area (Å²) in [7, 11) is 1.73. The van der Waals surface area contributed by atoms with Gasteiger partial charge in [0.15, 0.2) is 5.96 Å². The Labute approximate surface area is 188 Å². The van der Waals surface area contributed by atoms with Crippen molar-refractivity contribution in [2.75, 3.05) is 13.6 Å². The van der Waals surface area contributed by atoms with Crippen molar-refractivity contribution in [3.05, 3.63) is 65.2 Å². The molecule has 0 aliphatic rings. The van der Waals surface area contributed by atoms with Crippen LogP contribution in [0.25, 0.3) is 21.7 Å². The standard InChI is InChI=1S/C20H20FN5OS.HI/c1-22-20(25-11-15-12-27-19(26-15)18-3-2-8-28-18)23-7-6-13-10-24-17-9-14(21)4-5-16(13)17;/h2-5,8-10,12,24H,6-7,11H2,1H3,(H2,22,23,25);1H. The quantitative estimate of drug-likeness (QED) is 0.196. The van der Waals surface area contributed by atoms with Gasteiger partial charge in [0.05, 0.1) is 17.1 Å². The van der Waals surface area contributed by atoms with E-state index in [9.17, 15) is 4.39 Å². The van der Waals surface area contributed by atoms with Gasteiger partial charge in [-0.25, -0.2) is 9.37 Å². The van der Waals surface area contributed by atoms with Crippen molar-refractivity contribution >= 4 is 52.2 Å². The summed E-state index contributed by atoms with van der Waals surface area (Å²) in [5, 5.41) is 9.54. The minimum Gasteiger partial charge on any atom is -0.443 e. The second-order valence-electron chi connectivity index (χ2n) is 6.23. The molecule has 0 bridgehead atoms. The average Bonchev–Trinajstić information content (AvgIpc) is 3.44. The van der Waals surface area contributed by atoms with Crippen molar-refractivity contribution in [1.29, 1.82) is 0 Å². The highest BCUT2D eigenvalue weighted by Gasteiger charge is 2.09. The van der Waals surface area contributed by atoms with Crippen LogP contribution in [0.4, 0.5) is 4.39 Å². The lowest BCUT2D eigenvalue weighted by Gasteiger charge is -2.10. The van der Waals surface area contributed by atoms with E-state index < -0.39 is 0 Å². The molecule has 3 aromatic heterocycles. The zero-order valence-electron chi connectivity index (χ0n) is 15.7. The molecule has 4 aromatic rings. The molecule has 0 amide bonds. The Morgan fingerprint density at radius 3 is 3.00 bits per heavy atom. The number of H-pyrrole nitrogens is 1. The number of aromatic amines is 1. The van der Waals surface area contributed by atoms with Gasteiger partial charge in [-0.05, 0) is 41.6 Å². The van der Waals surface area contributed by atoms with Crippen LogP contribution >= 0.6 is 35.3 Å². The zero-order valence-corrected chi connectivity index (χ0v) is 18.9. The predicted octanol–water partition coefficient (Wildman–Crippen LogP) is 4.55. The number of hydrogen-bond acceptors (Lipinski definition) is 4. The molecule has 0 fully saturated rings. The number of thiophene rings is 1. The number of nitrogens with one attached hydrogen (secondary N) is 3. The maximum absolute atomic E-state index is 13.3. The predicted molar refractivity (Wildman–Crippen MR) is 125 cm³/mol. The van der Waals surface area contributed by atoms with E-state index in [-0.39, 0.29) is 29.8 Å². The average molecular weight is 525 g/mol. The molecule has 0 saturated carbocycles. The van der Waals surface area contributed by atoms with Crippen LogP contribution in [0.5, 0.6) is 0 Å². The van der Waals surface area contributed by atoms with E-state index in [2.05, 4.69) is 25.6 Å². The number of benzene rings is 1. The fourth-order valence-corrected chi connectivity index (χ4v) is 3.63. The van der Waals surface area contributed by atoms with E-state index in [0.29, 0.717) is 24.9 Å². The number of oxazole rings is 1. The molecular weight excluding hydrogens is 504 g/mol. The fourth-order valence-electron chi connectivity index (χ4n) is 2.98. The van der Waals surface area contributed by atoms with Crippen LogP contribution in [-0.4, -0.2) is 29.5 Å². The first-order valence-corrected chi connectivity index (χ1v) is 9.79. The molecule has 0 radical (unpaired) electrons. The van der Waals surface area contributed by atoms with Crippen LogP contribution < -0.4 is 10.6 Å². The third-order valence-electron chi connectivity index (χ3n) is 4.36. The maximum atomic E-state index is 13.3. The summed E-state index contributed by atoms with van der Waals surface area (Å²) in [6.45, 7) is 1.21. The number of nitrogens with zero attached hydrogens (tertiary/aromatic N) is 2. The first kappa shape index (κ1) is 21.3. The number of guanidine groups is 1. The van der Waals surface area contributed by atoms with Crippen LogP contribution in [0.1, 0.15) is 11.3 Å². The summed E-state index contributed by atoms with van der Waals surface area (Å²) in [4.78, 5) is 12.8. The largest absolute Gasteiger partial charge is 0.443 e. The minimum absolute atomic E-state index is 0. The number of halogens is 2. The van der Waals surface area contributed by atoms with Gasteiger partial charge in [0, 0.05) is 30.7 Å². The second-order valence-corrected chi connectivity index (χ2v) is 7.18. The SMILES string of the molecule is CN=C(NCCc1c[nH]c2cc(F)ccc12)NCc1coc(-c2cccs2)n1.I. The second kappa shape index (κ2) is 9.88. The molecule has 0 saturated heterocycles. The third kappa shape index (κ3) is 5.15. The lowest BCUT2D eigenvalue weighted by molar-refractivity contribution is 0.573. The molecule has 0 atom stereocenters. The van der Waals surface area contributed by atoms with E-state index in [1.54, 1.807) is 30.7 Å². The van der Waals surface area contributed by atoms with Gasteiger partial charge in [0.25, 0.3) is 0 Å². The number of rotatable bonds is 6. The molecule has 0 aliphatic heterocycles. The molecule has 9 heteroatoms. The summed E-state index contributed by atoms with van der Waals surface area (Å²) in [5.41, 5.74) is 2.75. The highest BCUT2D eigenvalue weighted by atomic mass is 127. The van der Waals surface area contributed by atoms with Crippen LogP contribution in [-0.2, 0) is 13.0 Å². The Kier molecular flexibility index (Phi) is 7.26. The van der Waals surface area contributed by atoms with Gasteiger partial charge in [-0.1, -0.05) is 6.07 Å². The smallest absolute Gasteiger partial charge is 0.236 e. The van der Waals surface area contributed by atoms with E-state index in [1.165, 1.54) is 12.1 Å². The fraction of sp³-hybridized carbons (Fsp3) is 0.200. The molecule has 152 valence electrons. The molecule has 3 heterocycles. The lowest BCUT2D eigenvalue weighted by atomic mass is 10.1. The van der Waals surface area contributed by atoms with Crippen LogP contribution in [0.3, 0.4) is 0 Å². The van der Waals surface area contributed by atoms with Crippen molar-refractivity contribution in [3.63, 3.8) is 0 Å². The van der Waals surface area contributed by atoms with Gasteiger partial charge in [-0.3, -0.25) is 4.99 Å². The van der Waals surface area contributed by atoms with Crippen molar-refractivity contribution in [2.45, 2.75) is 13.0 Å². The zero-order chi connectivity index (χ0) is 19.3. The molecule has 29 heavy (non-hydrogen) atoms. The van der Waals surface area contributed by atoms with Gasteiger partial charge in [0.2, 0.25) is 5.89 Å². The van der Waals surface area contributed by atoms with Crippen LogP contribution in [0.2, 0.25) is 0 Å². The van der Waals surface area contributed by atoms with Gasteiger partial charge in [-0.2, -0.15) is 0 Å². The number of aromatic nitrogens is 2. The number of fused-ring (bicyclic) bond motifs is 1. The first-order chi connectivity index (χ1) is 13.7. The van der Waals surface area contributed by atoms with E-state index in [1.807, 2.05) is 23.7 Å². The van der Waals surface area contributed by atoms with Crippen molar-refractivity contribution in [2.24, 2.45) is 4.99 Å². The highest BCUT2D eigenvalue weighted by Crippen LogP contribution is 2.23. The number of hydrogen-bond donors (Lipinski definition) is 3. The molecule has 0 aliphatic carbocycles.